The van der Waals surface area contributed by atoms with Gasteiger partial charge in [-0.3, -0.25) is 19.2 Å². The van der Waals surface area contributed by atoms with Crippen molar-refractivity contribution in [3.05, 3.63) is 144 Å². The van der Waals surface area contributed by atoms with Crippen molar-refractivity contribution in [2.75, 3.05) is 13.1 Å². The fraction of sp³-hybridized carbons (Fsp3) is 0.206. The maximum Gasteiger partial charge on any atom is 0.316 e. The van der Waals surface area contributed by atoms with Crippen molar-refractivity contribution in [2.24, 2.45) is 5.92 Å². The molecule has 2 amide bonds. The first-order valence-corrected chi connectivity index (χ1v) is 13.5. The number of hydrogen-bond acceptors (Lipinski definition) is 4. The lowest BCUT2D eigenvalue weighted by molar-refractivity contribution is -0.182. The van der Waals surface area contributed by atoms with Crippen LogP contribution in [-0.4, -0.2) is 41.5 Å². The molecule has 2 N–H and O–H groups in total. The fourth-order valence-corrected chi connectivity index (χ4v) is 4.84. The van der Waals surface area contributed by atoms with Crippen molar-refractivity contribution in [3.8, 4) is 0 Å². The van der Waals surface area contributed by atoms with Crippen LogP contribution < -0.4 is 5.32 Å². The zero-order valence-corrected chi connectivity index (χ0v) is 22.8. The van der Waals surface area contributed by atoms with Crippen LogP contribution in [0.1, 0.15) is 22.3 Å². The van der Waals surface area contributed by atoms with Gasteiger partial charge >= 0.3 is 5.97 Å². The predicted molar refractivity (Wildman–Crippen MR) is 157 cm³/mol. The Kier molecular flexibility index (Phi) is 10.4. The fourth-order valence-electron chi connectivity index (χ4n) is 4.84. The third-order valence-corrected chi connectivity index (χ3v) is 7.10. The molecular formula is C34H34N2O5. The van der Waals surface area contributed by atoms with Crippen molar-refractivity contribution in [2.45, 2.75) is 24.9 Å². The number of carboxylic acid groups (broad SMARTS) is 1. The normalized spacial score (nSPS) is 13.0. The molecule has 4 aromatic carbocycles. The summed E-state index contributed by atoms with van der Waals surface area (Å²) in [7, 11) is 0. The summed E-state index contributed by atoms with van der Waals surface area (Å²) in [6.07, 6.45) is 1.10. The van der Waals surface area contributed by atoms with Crippen molar-refractivity contribution < 1.29 is 24.3 Å². The molecule has 0 aliphatic heterocycles. The van der Waals surface area contributed by atoms with Gasteiger partial charge in [0.25, 0.3) is 0 Å². The van der Waals surface area contributed by atoms with Crippen LogP contribution in [0, 0.1) is 5.92 Å². The van der Waals surface area contributed by atoms with Crippen LogP contribution in [0.5, 0.6) is 0 Å². The van der Waals surface area contributed by atoms with Gasteiger partial charge in [0, 0.05) is 6.54 Å². The Morgan fingerprint density at radius 2 is 1.29 bits per heavy atom. The quantitative estimate of drug-likeness (QED) is 0.164. The lowest BCUT2D eigenvalue weighted by Crippen LogP contribution is -2.50. The van der Waals surface area contributed by atoms with Crippen LogP contribution in [-0.2, 0) is 44.1 Å². The van der Waals surface area contributed by atoms with E-state index in [-0.39, 0.29) is 32.0 Å². The molecule has 0 radical (unpaired) electrons. The number of aliphatic carboxylic acids is 1. The van der Waals surface area contributed by atoms with Gasteiger partial charge in [-0.05, 0) is 35.1 Å². The van der Waals surface area contributed by atoms with Gasteiger partial charge in [-0.2, -0.15) is 0 Å². The van der Waals surface area contributed by atoms with Crippen molar-refractivity contribution in [1.29, 1.82) is 0 Å². The average molecular weight is 551 g/mol. The summed E-state index contributed by atoms with van der Waals surface area (Å²) in [4.78, 5) is 44.3. The second-order valence-corrected chi connectivity index (χ2v) is 9.98. The van der Waals surface area contributed by atoms with E-state index in [0.717, 1.165) is 21.8 Å². The highest BCUT2D eigenvalue weighted by atomic mass is 16.7. The lowest BCUT2D eigenvalue weighted by atomic mass is 9.75. The van der Waals surface area contributed by atoms with Gasteiger partial charge in [0.05, 0.1) is 12.5 Å². The molecule has 0 saturated heterocycles. The van der Waals surface area contributed by atoms with Gasteiger partial charge in [-0.25, -0.2) is 5.06 Å². The van der Waals surface area contributed by atoms with Crippen molar-refractivity contribution >= 4 is 18.3 Å². The highest BCUT2D eigenvalue weighted by Crippen LogP contribution is 2.29. The number of carbonyl (C=O) groups is 3. The van der Waals surface area contributed by atoms with E-state index in [9.17, 15) is 19.5 Å². The molecule has 0 heterocycles. The summed E-state index contributed by atoms with van der Waals surface area (Å²) in [5.41, 5.74) is 1.84. The summed E-state index contributed by atoms with van der Waals surface area (Å²) in [6.45, 7) is 0.0466. The molecule has 41 heavy (non-hydrogen) atoms. The largest absolute Gasteiger partial charge is 0.481 e. The number of carboxylic acids is 1. The van der Waals surface area contributed by atoms with Crippen LogP contribution >= 0.6 is 0 Å². The zero-order chi connectivity index (χ0) is 28.9. The smallest absolute Gasteiger partial charge is 0.316 e. The summed E-state index contributed by atoms with van der Waals surface area (Å²) in [5.74, 6) is -2.08. The van der Waals surface area contributed by atoms with E-state index in [2.05, 4.69) is 5.32 Å². The molecule has 0 aliphatic carbocycles. The van der Waals surface area contributed by atoms with Crippen LogP contribution in [0.15, 0.2) is 121 Å². The molecule has 0 bridgehead atoms. The number of amides is 2. The van der Waals surface area contributed by atoms with E-state index in [4.69, 9.17) is 4.84 Å². The number of hydrogen-bond donors (Lipinski definition) is 2. The van der Waals surface area contributed by atoms with E-state index < -0.39 is 17.3 Å². The van der Waals surface area contributed by atoms with E-state index >= 15 is 0 Å². The van der Waals surface area contributed by atoms with Crippen LogP contribution in [0.3, 0.4) is 0 Å². The van der Waals surface area contributed by atoms with Crippen LogP contribution in [0.4, 0.5) is 0 Å². The van der Waals surface area contributed by atoms with Crippen LogP contribution in [0.2, 0.25) is 0 Å². The van der Waals surface area contributed by atoms with Crippen molar-refractivity contribution in [1.82, 2.24) is 10.4 Å². The predicted octanol–water partition coefficient (Wildman–Crippen LogP) is 4.82. The highest BCUT2D eigenvalue weighted by Gasteiger charge is 2.41. The number of carbonyl (C=O) groups excluding carboxylic acids is 2. The monoisotopic (exact) mass is 550 g/mol. The number of nitrogens with zero attached hydrogens (tertiary/aromatic N) is 1. The lowest BCUT2D eigenvalue weighted by Gasteiger charge is -2.32. The number of benzene rings is 4. The Labute approximate surface area is 240 Å². The van der Waals surface area contributed by atoms with E-state index in [1.807, 2.05) is 97.1 Å². The summed E-state index contributed by atoms with van der Waals surface area (Å²) in [6, 6.07) is 37.3. The Balaban J connectivity index is 1.56. The van der Waals surface area contributed by atoms with Gasteiger partial charge < -0.3 is 10.4 Å². The van der Waals surface area contributed by atoms with E-state index in [1.165, 1.54) is 0 Å². The Hall–Kier alpha value is -4.75. The molecule has 4 aromatic rings. The third-order valence-electron chi connectivity index (χ3n) is 7.10. The summed E-state index contributed by atoms with van der Waals surface area (Å²) >= 11 is 0. The number of rotatable bonds is 15. The van der Waals surface area contributed by atoms with Crippen molar-refractivity contribution in [3.63, 3.8) is 0 Å². The molecule has 1 unspecified atom stereocenters. The van der Waals surface area contributed by atoms with Gasteiger partial charge in [0.1, 0.15) is 12.0 Å². The molecule has 2 atom stereocenters. The maximum absolute atomic E-state index is 13.7. The molecule has 7 nitrogen and oxygen atoms in total. The summed E-state index contributed by atoms with van der Waals surface area (Å²) < 4.78 is 0. The number of nitrogens with one attached hydrogen (secondary N) is 1. The maximum atomic E-state index is 13.7. The minimum atomic E-state index is -1.40. The minimum Gasteiger partial charge on any atom is -0.481 e. The molecule has 210 valence electrons. The highest BCUT2D eigenvalue weighted by molar-refractivity contribution is 5.85. The third kappa shape index (κ3) is 8.13. The van der Waals surface area contributed by atoms with E-state index in [0.29, 0.717) is 18.4 Å². The molecule has 0 aliphatic rings. The molecule has 4 rings (SSSR count). The van der Waals surface area contributed by atoms with Gasteiger partial charge in [0.15, 0.2) is 0 Å². The van der Waals surface area contributed by atoms with Gasteiger partial charge in [0.2, 0.25) is 12.3 Å². The van der Waals surface area contributed by atoms with Gasteiger partial charge in [-0.1, -0.05) is 121 Å². The first-order chi connectivity index (χ1) is 20.0. The topological polar surface area (TPSA) is 95.9 Å². The molecule has 7 heteroatoms. The minimum absolute atomic E-state index is 0.00115. The van der Waals surface area contributed by atoms with Gasteiger partial charge in [-0.15, -0.1) is 0 Å². The Bertz CT molecular complexity index is 1380. The molecular weight excluding hydrogens is 516 g/mol. The molecule has 0 aromatic heterocycles. The average Bonchev–Trinajstić information content (AvgIpc) is 3.02. The first-order valence-electron chi connectivity index (χ1n) is 13.5. The van der Waals surface area contributed by atoms with Crippen LogP contribution in [0.25, 0.3) is 0 Å². The number of hydroxylamine groups is 2. The molecule has 0 spiro atoms. The van der Waals surface area contributed by atoms with E-state index in [1.54, 1.807) is 24.3 Å². The second kappa shape index (κ2) is 14.6. The SMILES string of the molecule is O=CN(CC(Cc1ccccc1)C(=O)NC[C@@](Cc1ccccc1)(C(=O)O)c1ccccc1)OCc1ccccc1. The Morgan fingerprint density at radius 3 is 1.83 bits per heavy atom. The molecule has 0 saturated carbocycles. The summed E-state index contributed by atoms with van der Waals surface area (Å²) in [5, 5.41) is 14.6. The molecule has 0 fully saturated rings. The second-order valence-electron chi connectivity index (χ2n) is 9.98. The zero-order valence-electron chi connectivity index (χ0n) is 22.8. The first kappa shape index (κ1) is 29.2. The Morgan fingerprint density at radius 1 is 0.780 bits per heavy atom. The standard InChI is InChI=1S/C34H34N2O5/c37-26-36(41-24-29-17-9-3-10-18-29)23-30(21-27-13-5-1-6-14-27)32(38)35-25-34(33(39)40,31-19-11-4-12-20-31)22-28-15-7-2-8-16-28/h1-20,26,30H,21-25H2,(H,35,38)(H,39,40)/t30?,34-/m1/s1.